The van der Waals surface area contributed by atoms with Gasteiger partial charge in [-0.2, -0.15) is 0 Å². The first-order valence-corrected chi connectivity index (χ1v) is 14.3. The predicted octanol–water partition coefficient (Wildman–Crippen LogP) is 6.83. The summed E-state index contributed by atoms with van der Waals surface area (Å²) in [6.07, 6.45) is 3.97. The molecule has 0 fully saturated rings. The minimum Gasteiger partial charge on any atom is -0.494 e. The smallest absolute Gasteiger partial charge is 0.340 e. The van der Waals surface area contributed by atoms with Gasteiger partial charge in [-0.05, 0) is 79.6 Å². The molecule has 3 rings (SSSR count). The van der Waals surface area contributed by atoms with Crippen LogP contribution in [0.15, 0.2) is 65.6 Å². The van der Waals surface area contributed by atoms with Crippen LogP contribution in [0.2, 0.25) is 0 Å². The van der Waals surface area contributed by atoms with Crippen LogP contribution in [0.3, 0.4) is 0 Å². The summed E-state index contributed by atoms with van der Waals surface area (Å²) in [5.41, 5.74) is 3.54. The zero-order chi connectivity index (χ0) is 26.8. The molecule has 0 unspecified atom stereocenters. The van der Waals surface area contributed by atoms with Gasteiger partial charge >= 0.3 is 5.97 Å². The highest BCUT2D eigenvalue weighted by atomic mass is 32.2. The van der Waals surface area contributed by atoms with Crippen molar-refractivity contribution in [1.29, 1.82) is 0 Å². The summed E-state index contributed by atoms with van der Waals surface area (Å²) in [4.78, 5) is 13.0. The van der Waals surface area contributed by atoms with E-state index in [4.69, 9.17) is 9.47 Å². The Morgan fingerprint density at radius 3 is 2.30 bits per heavy atom. The molecule has 0 bridgehead atoms. The van der Waals surface area contributed by atoms with Crippen LogP contribution >= 0.6 is 0 Å². The fourth-order valence-corrected chi connectivity index (χ4v) is 5.41. The highest BCUT2D eigenvalue weighted by Gasteiger charge is 2.24. The zero-order valence-corrected chi connectivity index (χ0v) is 23.0. The van der Waals surface area contributed by atoms with Crippen LogP contribution in [-0.4, -0.2) is 27.6 Å². The molecule has 3 aromatic rings. The van der Waals surface area contributed by atoms with Gasteiger partial charge in [-0.3, -0.25) is 4.72 Å². The van der Waals surface area contributed by atoms with Crippen molar-refractivity contribution < 1.29 is 22.7 Å². The molecule has 0 spiro atoms. The first kappa shape index (κ1) is 28.3. The molecule has 37 heavy (non-hydrogen) atoms. The number of rotatable bonds is 13. The molecule has 0 saturated heterocycles. The fraction of sp³-hybridized carbons (Fsp3) is 0.367. The summed E-state index contributed by atoms with van der Waals surface area (Å²) in [7, 11) is -4.04. The number of esters is 1. The Morgan fingerprint density at radius 2 is 1.59 bits per heavy atom. The number of ether oxygens (including phenoxy) is 2. The lowest BCUT2D eigenvalue weighted by Crippen LogP contribution is -2.19. The van der Waals surface area contributed by atoms with E-state index < -0.39 is 16.0 Å². The molecule has 0 aliphatic carbocycles. The lowest BCUT2D eigenvalue weighted by molar-refractivity contribution is 0.0501. The number of hydrogen-bond donors (Lipinski definition) is 1. The van der Waals surface area contributed by atoms with Gasteiger partial charge in [0.15, 0.2) is 0 Å². The average molecular weight is 524 g/mol. The van der Waals surface area contributed by atoms with Gasteiger partial charge in [0, 0.05) is 0 Å². The molecule has 1 N–H and O–H groups in total. The Morgan fingerprint density at radius 1 is 0.892 bits per heavy atom. The van der Waals surface area contributed by atoms with E-state index in [0.29, 0.717) is 29.9 Å². The highest BCUT2D eigenvalue weighted by molar-refractivity contribution is 7.92. The van der Waals surface area contributed by atoms with Crippen molar-refractivity contribution in [2.75, 3.05) is 17.9 Å². The number of aryl methyl sites for hydroxylation is 2. The molecule has 3 aromatic carbocycles. The van der Waals surface area contributed by atoms with Crippen LogP contribution in [-0.2, 0) is 21.2 Å². The molecule has 0 radical (unpaired) electrons. The predicted molar refractivity (Wildman–Crippen MR) is 148 cm³/mol. The number of carbonyl (C=O) groups excluding carboxylic acids is 1. The van der Waals surface area contributed by atoms with E-state index in [9.17, 15) is 13.2 Å². The number of benzene rings is 3. The summed E-state index contributed by atoms with van der Waals surface area (Å²) in [5, 5.41) is 0. The third kappa shape index (κ3) is 7.83. The maximum absolute atomic E-state index is 13.8. The van der Waals surface area contributed by atoms with Gasteiger partial charge in [0.05, 0.1) is 29.4 Å². The van der Waals surface area contributed by atoms with Crippen LogP contribution in [0.1, 0.15) is 72.1 Å². The molecule has 0 atom stereocenters. The first-order valence-electron chi connectivity index (χ1n) is 12.9. The minimum absolute atomic E-state index is 0.143. The van der Waals surface area contributed by atoms with Crippen molar-refractivity contribution in [2.45, 2.75) is 64.7 Å². The number of nitrogens with one attached hydrogen (secondary N) is 1. The number of sulfonamides is 1. The molecule has 7 heteroatoms. The van der Waals surface area contributed by atoms with Gasteiger partial charge in [0.25, 0.3) is 10.0 Å². The topological polar surface area (TPSA) is 81.7 Å². The quantitative estimate of drug-likeness (QED) is 0.196. The van der Waals surface area contributed by atoms with Crippen molar-refractivity contribution in [2.24, 2.45) is 0 Å². The standard InChI is InChI=1S/C30H37NO5S/c1-5-7-16-35-26-14-15-28(25(21-26)20-24-12-10-9-11-13-24)37(33,34)31-29-23(4)18-22(3)19-27(29)30(32)36-17-8-6-2/h9-15,18-19,21,31H,5-8,16-17,20H2,1-4H3. The van der Waals surface area contributed by atoms with Gasteiger partial charge in [-0.1, -0.05) is 63.1 Å². The Labute approximate surface area is 221 Å². The summed E-state index contributed by atoms with van der Waals surface area (Å²) in [6, 6.07) is 18.3. The van der Waals surface area contributed by atoms with E-state index in [1.165, 1.54) is 0 Å². The Kier molecular flexibility index (Phi) is 10.1. The van der Waals surface area contributed by atoms with Gasteiger partial charge in [0.1, 0.15) is 5.75 Å². The minimum atomic E-state index is -4.04. The highest BCUT2D eigenvalue weighted by Crippen LogP contribution is 2.30. The van der Waals surface area contributed by atoms with Gasteiger partial charge in [0.2, 0.25) is 0 Å². The van der Waals surface area contributed by atoms with E-state index in [1.807, 2.05) is 50.2 Å². The van der Waals surface area contributed by atoms with E-state index in [2.05, 4.69) is 11.6 Å². The summed E-state index contributed by atoms with van der Waals surface area (Å²) in [5.74, 6) is 0.0900. The second-order valence-corrected chi connectivity index (χ2v) is 10.9. The summed E-state index contributed by atoms with van der Waals surface area (Å²) >= 11 is 0. The molecule has 0 aromatic heterocycles. The maximum Gasteiger partial charge on any atom is 0.340 e. The van der Waals surface area contributed by atoms with Crippen LogP contribution in [0.4, 0.5) is 5.69 Å². The van der Waals surface area contributed by atoms with Crippen molar-refractivity contribution in [3.05, 3.63) is 88.5 Å². The second-order valence-electron chi connectivity index (χ2n) is 9.23. The van der Waals surface area contributed by atoms with Crippen LogP contribution in [0.25, 0.3) is 0 Å². The molecule has 0 amide bonds. The van der Waals surface area contributed by atoms with Gasteiger partial charge in [-0.25, -0.2) is 13.2 Å². The second kappa shape index (κ2) is 13.3. The van der Waals surface area contributed by atoms with E-state index in [0.717, 1.165) is 36.8 Å². The lowest BCUT2D eigenvalue weighted by Gasteiger charge is -2.18. The summed E-state index contributed by atoms with van der Waals surface area (Å²) < 4.78 is 41.5. The van der Waals surface area contributed by atoms with Crippen molar-refractivity contribution in [3.8, 4) is 5.75 Å². The van der Waals surface area contributed by atoms with Crippen LogP contribution in [0, 0.1) is 13.8 Å². The first-order chi connectivity index (χ1) is 17.7. The van der Waals surface area contributed by atoms with E-state index >= 15 is 0 Å². The molecule has 0 aliphatic heterocycles. The molecule has 0 saturated carbocycles. The molecule has 198 valence electrons. The third-order valence-corrected chi connectivity index (χ3v) is 7.44. The normalized spacial score (nSPS) is 11.2. The Bertz CT molecular complexity index is 1300. The lowest BCUT2D eigenvalue weighted by atomic mass is 10.0. The van der Waals surface area contributed by atoms with E-state index in [-0.39, 0.29) is 22.8 Å². The SMILES string of the molecule is CCCCOC(=O)c1cc(C)cc(C)c1NS(=O)(=O)c1ccc(OCCCC)cc1Cc1ccccc1. The van der Waals surface area contributed by atoms with E-state index in [1.54, 1.807) is 31.2 Å². The van der Waals surface area contributed by atoms with Gasteiger partial charge in [-0.15, -0.1) is 0 Å². The Balaban J connectivity index is 2.00. The van der Waals surface area contributed by atoms with Crippen molar-refractivity contribution >= 4 is 21.7 Å². The number of carbonyl (C=O) groups is 1. The summed E-state index contributed by atoms with van der Waals surface area (Å²) in [6.45, 7) is 8.60. The number of unbranched alkanes of at least 4 members (excludes halogenated alkanes) is 2. The molecule has 0 heterocycles. The van der Waals surface area contributed by atoms with Crippen molar-refractivity contribution in [1.82, 2.24) is 0 Å². The van der Waals surface area contributed by atoms with Crippen LogP contribution < -0.4 is 9.46 Å². The fourth-order valence-electron chi connectivity index (χ4n) is 4.04. The Hall–Kier alpha value is -3.32. The molecule has 0 aliphatic rings. The average Bonchev–Trinajstić information content (AvgIpc) is 2.86. The number of anilines is 1. The molecule has 6 nitrogen and oxygen atoms in total. The van der Waals surface area contributed by atoms with Gasteiger partial charge < -0.3 is 9.47 Å². The van der Waals surface area contributed by atoms with Crippen LogP contribution in [0.5, 0.6) is 5.75 Å². The molecular weight excluding hydrogens is 486 g/mol. The third-order valence-electron chi connectivity index (χ3n) is 5.99. The number of hydrogen-bond acceptors (Lipinski definition) is 5. The molecular formula is C30H37NO5S. The zero-order valence-electron chi connectivity index (χ0n) is 22.2. The monoisotopic (exact) mass is 523 g/mol. The van der Waals surface area contributed by atoms with Crippen molar-refractivity contribution in [3.63, 3.8) is 0 Å². The maximum atomic E-state index is 13.8. The largest absolute Gasteiger partial charge is 0.494 e.